The van der Waals surface area contributed by atoms with Crippen LogP contribution in [-0.4, -0.2) is 27.3 Å². The predicted molar refractivity (Wildman–Crippen MR) is 98.6 cm³/mol. The Morgan fingerprint density at radius 2 is 1.81 bits per heavy atom. The number of aromatic nitrogens is 2. The molecule has 0 aliphatic rings. The summed E-state index contributed by atoms with van der Waals surface area (Å²) in [4.78, 5) is 22.9. The lowest BCUT2D eigenvalue weighted by Crippen LogP contribution is -2.31. The Kier molecular flexibility index (Phi) is 5.53. The van der Waals surface area contributed by atoms with Crippen molar-refractivity contribution >= 4 is 17.5 Å². The van der Waals surface area contributed by atoms with Gasteiger partial charge in [-0.15, -0.1) is 0 Å². The van der Waals surface area contributed by atoms with Crippen molar-refractivity contribution in [3.8, 4) is 0 Å². The minimum Gasteiger partial charge on any atom is -0.333 e. The molecule has 0 unspecified atom stereocenters. The van der Waals surface area contributed by atoms with Crippen molar-refractivity contribution in [1.29, 1.82) is 0 Å². The van der Waals surface area contributed by atoms with E-state index in [0.29, 0.717) is 30.4 Å². The minimum absolute atomic E-state index is 0.166. The van der Waals surface area contributed by atoms with Gasteiger partial charge in [0.25, 0.3) is 5.91 Å². The Balaban J connectivity index is 1.75. The fourth-order valence-electron chi connectivity index (χ4n) is 2.49. The van der Waals surface area contributed by atoms with Crippen molar-refractivity contribution in [1.82, 2.24) is 14.9 Å². The maximum atomic E-state index is 13.0. The van der Waals surface area contributed by atoms with Crippen molar-refractivity contribution in [3.05, 3.63) is 83.9 Å². The monoisotopic (exact) mass is 350 g/mol. The summed E-state index contributed by atoms with van der Waals surface area (Å²) in [5, 5.41) is 2.97. The lowest BCUT2D eigenvalue weighted by molar-refractivity contribution is 0.0746. The van der Waals surface area contributed by atoms with E-state index in [0.717, 1.165) is 5.56 Å². The average molecular weight is 350 g/mol. The van der Waals surface area contributed by atoms with Crippen LogP contribution in [0.4, 0.5) is 16.0 Å². The second kappa shape index (κ2) is 8.20. The molecular weight excluding hydrogens is 331 g/mol. The number of amides is 1. The zero-order chi connectivity index (χ0) is 18.4. The Hall–Kier alpha value is -3.28. The van der Waals surface area contributed by atoms with E-state index in [1.807, 2.05) is 37.3 Å². The molecule has 3 rings (SSSR count). The third-order valence-electron chi connectivity index (χ3n) is 3.86. The molecule has 6 heteroatoms. The molecule has 0 bridgehead atoms. The highest BCUT2D eigenvalue weighted by atomic mass is 19.1. The third kappa shape index (κ3) is 4.42. The van der Waals surface area contributed by atoms with Crippen molar-refractivity contribution < 1.29 is 9.18 Å². The third-order valence-corrected chi connectivity index (χ3v) is 3.86. The van der Waals surface area contributed by atoms with Gasteiger partial charge in [0.1, 0.15) is 11.5 Å². The van der Waals surface area contributed by atoms with Gasteiger partial charge in [0, 0.05) is 25.0 Å². The van der Waals surface area contributed by atoms with Gasteiger partial charge in [-0.25, -0.2) is 14.4 Å². The highest BCUT2D eigenvalue weighted by Gasteiger charge is 2.16. The topological polar surface area (TPSA) is 58.1 Å². The molecule has 1 amide bonds. The first-order valence-corrected chi connectivity index (χ1v) is 8.34. The average Bonchev–Trinajstić information content (AvgIpc) is 2.68. The van der Waals surface area contributed by atoms with Crippen molar-refractivity contribution in [2.75, 3.05) is 11.9 Å². The van der Waals surface area contributed by atoms with Gasteiger partial charge in [-0.2, -0.15) is 0 Å². The zero-order valence-electron chi connectivity index (χ0n) is 14.4. The van der Waals surface area contributed by atoms with Crippen molar-refractivity contribution in [2.24, 2.45) is 0 Å². The van der Waals surface area contributed by atoms with Gasteiger partial charge in [-0.3, -0.25) is 4.79 Å². The maximum absolute atomic E-state index is 13.0. The highest BCUT2D eigenvalue weighted by molar-refractivity contribution is 5.92. The van der Waals surface area contributed by atoms with Gasteiger partial charge in [-0.1, -0.05) is 30.3 Å². The summed E-state index contributed by atoms with van der Waals surface area (Å²) in [5.74, 6) is -0.195. The summed E-state index contributed by atoms with van der Waals surface area (Å²) in [6, 6.07) is 17.3. The standard InChI is InChI=1S/C20H19FN4O/c1-2-25(14-15-6-4-3-5-7-15)19(26)18-12-13-22-20(24-18)23-17-10-8-16(21)9-11-17/h3-13H,2,14H2,1H3,(H,22,23,24). The number of nitrogens with one attached hydrogen (secondary N) is 1. The first kappa shape index (κ1) is 17.5. The Morgan fingerprint density at radius 3 is 2.50 bits per heavy atom. The second-order valence-corrected chi connectivity index (χ2v) is 5.70. The summed E-state index contributed by atoms with van der Waals surface area (Å²) in [5.41, 5.74) is 2.01. The number of carbonyl (C=O) groups is 1. The van der Waals surface area contributed by atoms with E-state index < -0.39 is 0 Å². The molecule has 0 atom stereocenters. The molecule has 132 valence electrons. The van der Waals surface area contributed by atoms with Crippen LogP contribution in [0.1, 0.15) is 23.0 Å². The summed E-state index contributed by atoms with van der Waals surface area (Å²) in [6.07, 6.45) is 1.53. The molecule has 2 aromatic carbocycles. The first-order chi connectivity index (χ1) is 12.7. The van der Waals surface area contributed by atoms with Crippen LogP contribution in [0.2, 0.25) is 0 Å². The summed E-state index contributed by atoms with van der Waals surface area (Å²) < 4.78 is 13.0. The molecule has 0 aliphatic heterocycles. The van der Waals surface area contributed by atoms with Crippen LogP contribution in [0, 0.1) is 5.82 Å². The lowest BCUT2D eigenvalue weighted by atomic mass is 10.2. The SMILES string of the molecule is CCN(Cc1ccccc1)C(=O)c1ccnc(Nc2ccc(F)cc2)n1. The quantitative estimate of drug-likeness (QED) is 0.729. The molecule has 1 heterocycles. The molecule has 0 saturated heterocycles. The van der Waals surface area contributed by atoms with E-state index in [4.69, 9.17) is 0 Å². The van der Waals surface area contributed by atoms with E-state index in [-0.39, 0.29) is 11.7 Å². The number of hydrogen-bond acceptors (Lipinski definition) is 4. The van der Waals surface area contributed by atoms with Gasteiger partial charge in [0.05, 0.1) is 0 Å². The molecule has 26 heavy (non-hydrogen) atoms. The smallest absolute Gasteiger partial charge is 0.272 e. The van der Waals surface area contributed by atoms with Crippen LogP contribution >= 0.6 is 0 Å². The van der Waals surface area contributed by atoms with E-state index in [1.165, 1.54) is 18.3 Å². The first-order valence-electron chi connectivity index (χ1n) is 8.34. The number of rotatable bonds is 6. The molecule has 0 saturated carbocycles. The molecule has 0 spiro atoms. The van der Waals surface area contributed by atoms with Gasteiger partial charge in [0.2, 0.25) is 5.95 Å². The number of halogens is 1. The number of anilines is 2. The van der Waals surface area contributed by atoms with Crippen molar-refractivity contribution in [2.45, 2.75) is 13.5 Å². The molecule has 0 aliphatic carbocycles. The van der Waals surface area contributed by atoms with Crippen LogP contribution in [0.15, 0.2) is 66.9 Å². The number of hydrogen-bond donors (Lipinski definition) is 1. The second-order valence-electron chi connectivity index (χ2n) is 5.70. The van der Waals surface area contributed by atoms with Crippen LogP contribution in [-0.2, 0) is 6.54 Å². The molecule has 0 radical (unpaired) electrons. The van der Waals surface area contributed by atoms with Crippen LogP contribution in [0.3, 0.4) is 0 Å². The largest absolute Gasteiger partial charge is 0.333 e. The van der Waals surface area contributed by atoms with Gasteiger partial charge >= 0.3 is 0 Å². The molecule has 1 aromatic heterocycles. The highest BCUT2D eigenvalue weighted by Crippen LogP contribution is 2.14. The molecule has 5 nitrogen and oxygen atoms in total. The zero-order valence-corrected chi connectivity index (χ0v) is 14.4. The Bertz CT molecular complexity index is 868. The van der Waals surface area contributed by atoms with Crippen LogP contribution in [0.5, 0.6) is 0 Å². The lowest BCUT2D eigenvalue weighted by Gasteiger charge is -2.20. The van der Waals surface area contributed by atoms with Crippen molar-refractivity contribution in [3.63, 3.8) is 0 Å². The Labute approximate surface area is 151 Å². The fraction of sp³-hybridized carbons (Fsp3) is 0.150. The van der Waals surface area contributed by atoms with Crippen LogP contribution < -0.4 is 5.32 Å². The minimum atomic E-state index is -0.320. The molecule has 3 aromatic rings. The normalized spacial score (nSPS) is 10.4. The van der Waals surface area contributed by atoms with Gasteiger partial charge in [-0.05, 0) is 42.8 Å². The summed E-state index contributed by atoms with van der Waals surface area (Å²) >= 11 is 0. The van der Waals surface area contributed by atoms with E-state index in [9.17, 15) is 9.18 Å². The van der Waals surface area contributed by atoms with E-state index in [2.05, 4.69) is 15.3 Å². The fourth-order valence-corrected chi connectivity index (χ4v) is 2.49. The summed E-state index contributed by atoms with van der Waals surface area (Å²) in [6.45, 7) is 3.01. The summed E-state index contributed by atoms with van der Waals surface area (Å²) in [7, 11) is 0. The van der Waals surface area contributed by atoms with E-state index >= 15 is 0 Å². The molecular formula is C20H19FN4O. The maximum Gasteiger partial charge on any atom is 0.272 e. The number of carbonyl (C=O) groups excluding carboxylic acids is 1. The number of nitrogens with zero attached hydrogens (tertiary/aromatic N) is 3. The van der Waals surface area contributed by atoms with Gasteiger partial charge in [0.15, 0.2) is 0 Å². The number of benzene rings is 2. The van der Waals surface area contributed by atoms with Crippen LogP contribution in [0.25, 0.3) is 0 Å². The predicted octanol–water partition coefficient (Wildman–Crippen LogP) is 4.02. The Morgan fingerprint density at radius 1 is 1.08 bits per heavy atom. The molecule has 1 N–H and O–H groups in total. The molecule has 0 fully saturated rings. The van der Waals surface area contributed by atoms with Gasteiger partial charge < -0.3 is 10.2 Å². The van der Waals surface area contributed by atoms with E-state index in [1.54, 1.807) is 23.1 Å².